The highest BCUT2D eigenvalue weighted by molar-refractivity contribution is 5.90. The lowest BCUT2D eigenvalue weighted by Crippen LogP contribution is -2.38. The zero-order chi connectivity index (χ0) is 28.4. The van der Waals surface area contributed by atoms with Crippen LogP contribution in [-0.2, 0) is 17.7 Å². The van der Waals surface area contributed by atoms with E-state index in [4.69, 9.17) is 9.47 Å². The molecular formula is C32H36F2N2O4. The standard InChI is InChI=1S/C32H36F2N2O4/c1-4-25-26(32(38)39-3)14-17-36(31(25)37)24-12-15-35(16-13-24)19-22-18-27(20-6-7-20)28(29(34)30(22)40-5-2)21-8-10-23(33)11-9-21/h8-11,14,17-18,20,24H,4-7,12-13,15-16,19H2,1-3H3. The Morgan fingerprint density at radius 1 is 1.02 bits per heavy atom. The number of hydrogen-bond acceptors (Lipinski definition) is 5. The fourth-order valence-electron chi connectivity index (χ4n) is 5.87. The SMILES string of the molecule is CCOc1c(CN2CCC(n3ccc(C(=O)OC)c(CC)c3=O)CC2)cc(C2CC2)c(-c2ccc(F)cc2)c1F. The Labute approximate surface area is 233 Å². The average molecular weight is 551 g/mol. The zero-order valence-electron chi connectivity index (χ0n) is 23.3. The molecule has 2 aromatic carbocycles. The fourth-order valence-corrected chi connectivity index (χ4v) is 5.87. The van der Waals surface area contributed by atoms with Crippen LogP contribution in [0.15, 0.2) is 47.4 Å². The lowest BCUT2D eigenvalue weighted by Gasteiger charge is -2.33. The molecule has 1 aliphatic heterocycles. The molecule has 1 aromatic heterocycles. The van der Waals surface area contributed by atoms with Crippen molar-refractivity contribution in [1.82, 2.24) is 9.47 Å². The molecule has 2 aliphatic rings. The summed E-state index contributed by atoms with van der Waals surface area (Å²) < 4.78 is 42.2. The second-order valence-electron chi connectivity index (χ2n) is 10.6. The number of benzene rings is 2. The van der Waals surface area contributed by atoms with E-state index in [9.17, 15) is 14.0 Å². The van der Waals surface area contributed by atoms with Gasteiger partial charge in [-0.1, -0.05) is 19.1 Å². The normalized spacial score (nSPS) is 16.2. The smallest absolute Gasteiger partial charge is 0.338 e. The highest BCUT2D eigenvalue weighted by atomic mass is 19.1. The van der Waals surface area contributed by atoms with Crippen LogP contribution < -0.4 is 10.3 Å². The summed E-state index contributed by atoms with van der Waals surface area (Å²) in [5, 5.41) is 0. The molecule has 1 aliphatic carbocycles. The van der Waals surface area contributed by atoms with Gasteiger partial charge in [0.1, 0.15) is 5.82 Å². The predicted molar refractivity (Wildman–Crippen MR) is 150 cm³/mol. The average Bonchev–Trinajstić information content (AvgIpc) is 3.81. The Morgan fingerprint density at radius 3 is 2.33 bits per heavy atom. The number of pyridine rings is 1. The number of ether oxygens (including phenoxy) is 2. The highest BCUT2D eigenvalue weighted by Crippen LogP contribution is 2.48. The number of halogens is 2. The predicted octanol–water partition coefficient (Wildman–Crippen LogP) is 6.26. The van der Waals surface area contributed by atoms with Gasteiger partial charge >= 0.3 is 5.97 Å². The van der Waals surface area contributed by atoms with Gasteiger partial charge in [-0.15, -0.1) is 0 Å². The minimum Gasteiger partial charge on any atom is -0.490 e. The molecule has 3 aromatic rings. The molecule has 1 saturated carbocycles. The summed E-state index contributed by atoms with van der Waals surface area (Å²) in [4.78, 5) is 27.6. The van der Waals surface area contributed by atoms with E-state index in [1.165, 1.54) is 19.2 Å². The summed E-state index contributed by atoms with van der Waals surface area (Å²) in [5.41, 5.74) is 3.60. The van der Waals surface area contributed by atoms with Crippen LogP contribution in [0.2, 0.25) is 0 Å². The number of nitrogens with zero attached hydrogens (tertiary/aromatic N) is 2. The molecule has 0 bridgehead atoms. The number of carbonyl (C=O) groups is 1. The molecule has 2 fully saturated rings. The van der Waals surface area contributed by atoms with Crippen LogP contribution in [0, 0.1) is 11.6 Å². The van der Waals surface area contributed by atoms with Crippen LogP contribution in [0.4, 0.5) is 8.78 Å². The highest BCUT2D eigenvalue weighted by Gasteiger charge is 2.32. The van der Waals surface area contributed by atoms with E-state index in [1.54, 1.807) is 29.0 Å². The van der Waals surface area contributed by atoms with Crippen molar-refractivity contribution < 1.29 is 23.0 Å². The van der Waals surface area contributed by atoms with Gasteiger partial charge in [0, 0.05) is 48.6 Å². The molecular weight excluding hydrogens is 514 g/mol. The Bertz CT molecular complexity index is 1440. The van der Waals surface area contributed by atoms with Crippen molar-refractivity contribution in [2.45, 2.75) is 64.5 Å². The van der Waals surface area contributed by atoms with Crippen molar-refractivity contribution in [2.75, 3.05) is 26.8 Å². The van der Waals surface area contributed by atoms with Crippen LogP contribution in [0.5, 0.6) is 5.75 Å². The maximum Gasteiger partial charge on any atom is 0.338 e. The number of carbonyl (C=O) groups excluding carboxylic acids is 1. The number of piperidine rings is 1. The number of rotatable bonds is 9. The summed E-state index contributed by atoms with van der Waals surface area (Å²) in [6.45, 7) is 6.06. The van der Waals surface area contributed by atoms with Crippen molar-refractivity contribution in [1.29, 1.82) is 0 Å². The van der Waals surface area contributed by atoms with Crippen LogP contribution in [0.3, 0.4) is 0 Å². The molecule has 0 radical (unpaired) electrons. The summed E-state index contributed by atoms with van der Waals surface area (Å²) in [7, 11) is 1.32. The van der Waals surface area contributed by atoms with E-state index in [0.29, 0.717) is 47.7 Å². The zero-order valence-corrected chi connectivity index (χ0v) is 23.3. The second kappa shape index (κ2) is 11.9. The molecule has 0 N–H and O–H groups in total. The number of likely N-dealkylation sites (tertiary alicyclic amines) is 1. The van der Waals surface area contributed by atoms with E-state index < -0.39 is 5.97 Å². The third-order valence-corrected chi connectivity index (χ3v) is 8.09. The van der Waals surface area contributed by atoms with Crippen molar-refractivity contribution in [3.8, 4) is 16.9 Å². The lowest BCUT2D eigenvalue weighted by atomic mass is 9.92. The third-order valence-electron chi connectivity index (χ3n) is 8.09. The third kappa shape index (κ3) is 5.55. The molecule has 0 atom stereocenters. The van der Waals surface area contributed by atoms with Crippen molar-refractivity contribution in [3.05, 3.63) is 86.8 Å². The Hall–Kier alpha value is -3.52. The van der Waals surface area contributed by atoms with Gasteiger partial charge in [-0.25, -0.2) is 13.6 Å². The van der Waals surface area contributed by atoms with Gasteiger partial charge < -0.3 is 14.0 Å². The minimum absolute atomic E-state index is 0.0201. The largest absolute Gasteiger partial charge is 0.490 e. The summed E-state index contributed by atoms with van der Waals surface area (Å²) in [6, 6.07) is 9.76. The Kier molecular flexibility index (Phi) is 8.35. The lowest BCUT2D eigenvalue weighted by molar-refractivity contribution is 0.0598. The van der Waals surface area contributed by atoms with Crippen LogP contribution in [-0.4, -0.2) is 42.2 Å². The van der Waals surface area contributed by atoms with Gasteiger partial charge in [0.05, 0.1) is 19.3 Å². The molecule has 0 spiro atoms. The van der Waals surface area contributed by atoms with Crippen molar-refractivity contribution in [2.24, 2.45) is 0 Å². The number of methoxy groups -OCH3 is 1. The molecule has 5 rings (SSSR count). The molecule has 0 unspecified atom stereocenters. The molecule has 212 valence electrons. The summed E-state index contributed by atoms with van der Waals surface area (Å²) in [5.74, 6) is -0.677. The van der Waals surface area contributed by atoms with Gasteiger partial charge in [0.15, 0.2) is 11.6 Å². The molecule has 0 amide bonds. The number of esters is 1. The maximum absolute atomic E-state index is 16.1. The monoisotopic (exact) mass is 550 g/mol. The van der Waals surface area contributed by atoms with Crippen LogP contribution in [0.1, 0.15) is 78.5 Å². The van der Waals surface area contributed by atoms with E-state index in [2.05, 4.69) is 11.0 Å². The van der Waals surface area contributed by atoms with Gasteiger partial charge in [-0.2, -0.15) is 0 Å². The summed E-state index contributed by atoms with van der Waals surface area (Å²) in [6.07, 6.45) is 5.69. The first-order valence-electron chi connectivity index (χ1n) is 14.1. The topological polar surface area (TPSA) is 60.8 Å². The van der Waals surface area contributed by atoms with Crippen LogP contribution >= 0.6 is 0 Å². The fraction of sp³-hybridized carbons (Fsp3) is 0.438. The Balaban J connectivity index is 1.38. The number of aromatic nitrogens is 1. The second-order valence-corrected chi connectivity index (χ2v) is 10.6. The molecule has 1 saturated heterocycles. The number of hydrogen-bond donors (Lipinski definition) is 0. The quantitative estimate of drug-likeness (QED) is 0.295. The minimum atomic E-state index is -0.496. The first kappa shape index (κ1) is 28.0. The van der Waals surface area contributed by atoms with Crippen molar-refractivity contribution >= 4 is 5.97 Å². The van der Waals surface area contributed by atoms with Gasteiger partial charge in [0.2, 0.25) is 0 Å². The molecule has 8 heteroatoms. The maximum atomic E-state index is 16.1. The van der Waals surface area contributed by atoms with Crippen molar-refractivity contribution in [3.63, 3.8) is 0 Å². The molecule has 6 nitrogen and oxygen atoms in total. The van der Waals surface area contributed by atoms with E-state index >= 15 is 4.39 Å². The van der Waals surface area contributed by atoms with E-state index in [-0.39, 0.29) is 29.0 Å². The summed E-state index contributed by atoms with van der Waals surface area (Å²) >= 11 is 0. The van der Waals surface area contributed by atoms with Crippen LogP contribution in [0.25, 0.3) is 11.1 Å². The van der Waals surface area contributed by atoms with Gasteiger partial charge in [-0.3, -0.25) is 9.69 Å². The van der Waals surface area contributed by atoms with Gasteiger partial charge in [-0.05, 0) is 80.3 Å². The first-order valence-corrected chi connectivity index (χ1v) is 14.1. The molecule has 2 heterocycles. The van der Waals surface area contributed by atoms with E-state index in [1.807, 2.05) is 13.8 Å². The van der Waals surface area contributed by atoms with Gasteiger partial charge in [0.25, 0.3) is 5.56 Å². The van der Waals surface area contributed by atoms with E-state index in [0.717, 1.165) is 49.9 Å². The Morgan fingerprint density at radius 2 is 1.73 bits per heavy atom. The molecule has 40 heavy (non-hydrogen) atoms. The first-order chi connectivity index (χ1) is 19.4.